The van der Waals surface area contributed by atoms with E-state index >= 15 is 0 Å². The average Bonchev–Trinajstić information content (AvgIpc) is 3.71. The van der Waals surface area contributed by atoms with E-state index in [1.165, 1.54) is 32.8 Å². The number of likely N-dealkylation sites (tertiary alicyclic amines) is 1. The van der Waals surface area contributed by atoms with Gasteiger partial charge in [-0.1, -0.05) is 24.3 Å². The normalized spacial score (nSPS) is 26.6. The number of ether oxygens (including phenoxy) is 2. The van der Waals surface area contributed by atoms with E-state index in [4.69, 9.17) is 9.47 Å². The molecular weight excluding hydrogens is 508 g/mol. The quantitative estimate of drug-likeness (QED) is 0.288. The largest absolute Gasteiger partial charge is 0.508 e. The zero-order valence-electron chi connectivity index (χ0n) is 23.2. The Kier molecular flexibility index (Phi) is 7.99. The first-order chi connectivity index (χ1) is 19.2. The number of nitrogens with one attached hydrogen (secondary N) is 1. The minimum atomic E-state index is -0.764. The number of hydrogen-bond acceptors (Lipinski definition) is 7. The van der Waals surface area contributed by atoms with Crippen molar-refractivity contribution >= 4 is 23.9 Å². The standard InChI is InChI=1S/C32H38N2O6/c1-22(35)39-29-8-4-6-26(18-29)31-15-16-34(20-25-9-10-25)21-32(31,40-23(2)36)14-13-27(19-31)33-30(38)12-11-24-5-3-7-28(37)17-24/h3-8,11-12,17-18,25,27,37H,9-10,13-16,19-21H2,1-2H3,(H,33,38)/t27-,31+,32+/m1/s1. The molecule has 1 saturated heterocycles. The molecule has 3 aliphatic rings. The summed E-state index contributed by atoms with van der Waals surface area (Å²) in [6.45, 7) is 5.34. The van der Waals surface area contributed by atoms with Crippen molar-refractivity contribution in [2.24, 2.45) is 5.92 Å². The summed E-state index contributed by atoms with van der Waals surface area (Å²) in [4.78, 5) is 39.7. The highest BCUT2D eigenvalue weighted by Gasteiger charge is 2.61. The fourth-order valence-corrected chi connectivity index (χ4v) is 6.70. The molecule has 0 unspecified atom stereocenters. The first-order valence-electron chi connectivity index (χ1n) is 14.1. The van der Waals surface area contributed by atoms with E-state index < -0.39 is 17.0 Å². The molecule has 8 heteroatoms. The average molecular weight is 547 g/mol. The molecule has 3 atom stereocenters. The van der Waals surface area contributed by atoms with Crippen LogP contribution in [0.15, 0.2) is 54.6 Å². The number of fused-ring (bicyclic) bond motifs is 1. The summed E-state index contributed by atoms with van der Waals surface area (Å²) in [5, 5.41) is 12.9. The summed E-state index contributed by atoms with van der Waals surface area (Å²) in [7, 11) is 0. The fraction of sp³-hybridized carbons (Fsp3) is 0.469. The molecule has 0 radical (unpaired) electrons. The van der Waals surface area contributed by atoms with Crippen molar-refractivity contribution in [3.63, 3.8) is 0 Å². The fourth-order valence-electron chi connectivity index (χ4n) is 6.70. The molecule has 2 N–H and O–H groups in total. The second kappa shape index (κ2) is 11.5. The molecule has 5 rings (SSSR count). The molecule has 212 valence electrons. The molecule has 2 aliphatic carbocycles. The summed E-state index contributed by atoms with van der Waals surface area (Å²) in [5.41, 5.74) is 0.349. The first kappa shape index (κ1) is 27.9. The number of esters is 2. The predicted molar refractivity (Wildman–Crippen MR) is 151 cm³/mol. The van der Waals surface area contributed by atoms with Crippen LogP contribution in [0.1, 0.15) is 63.5 Å². The second-order valence-electron chi connectivity index (χ2n) is 11.6. The van der Waals surface area contributed by atoms with Crippen LogP contribution >= 0.6 is 0 Å². The topological polar surface area (TPSA) is 105 Å². The first-order valence-corrected chi connectivity index (χ1v) is 14.1. The number of aromatic hydroxyl groups is 1. The number of rotatable bonds is 8. The van der Waals surface area contributed by atoms with Gasteiger partial charge in [0.1, 0.15) is 17.1 Å². The molecule has 1 aliphatic heterocycles. The molecule has 0 spiro atoms. The summed E-state index contributed by atoms with van der Waals surface area (Å²) < 4.78 is 11.8. The molecule has 1 heterocycles. The number of phenolic OH excluding ortho intramolecular Hbond substituents is 1. The molecule has 2 aromatic rings. The summed E-state index contributed by atoms with van der Waals surface area (Å²) in [5.74, 6) is 0.378. The van der Waals surface area contributed by atoms with E-state index in [1.807, 2.05) is 24.3 Å². The van der Waals surface area contributed by atoms with Crippen molar-refractivity contribution in [3.8, 4) is 11.5 Å². The van der Waals surface area contributed by atoms with Crippen molar-refractivity contribution < 1.29 is 29.0 Å². The lowest BCUT2D eigenvalue weighted by Crippen LogP contribution is -2.68. The Morgan fingerprint density at radius 3 is 2.58 bits per heavy atom. The Balaban J connectivity index is 1.45. The summed E-state index contributed by atoms with van der Waals surface area (Å²) in [6, 6.07) is 14.1. The van der Waals surface area contributed by atoms with E-state index in [2.05, 4.69) is 10.2 Å². The van der Waals surface area contributed by atoms with Crippen LogP contribution in [0.2, 0.25) is 0 Å². The lowest BCUT2D eigenvalue weighted by Gasteiger charge is -2.59. The van der Waals surface area contributed by atoms with E-state index in [-0.39, 0.29) is 23.7 Å². The minimum Gasteiger partial charge on any atom is -0.508 e. The van der Waals surface area contributed by atoms with E-state index in [0.29, 0.717) is 37.5 Å². The van der Waals surface area contributed by atoms with Gasteiger partial charge in [0.2, 0.25) is 5.91 Å². The van der Waals surface area contributed by atoms with Gasteiger partial charge in [-0.05, 0) is 92.5 Å². The van der Waals surface area contributed by atoms with Crippen LogP contribution in [0.3, 0.4) is 0 Å². The van der Waals surface area contributed by atoms with Crippen LogP contribution in [-0.4, -0.2) is 59.1 Å². The lowest BCUT2D eigenvalue weighted by atomic mass is 9.55. The SMILES string of the molecule is CC(=O)Oc1cccc([C@@]23CCN(CC4CC4)C[C@@]2(OC(C)=O)CC[C@@H](NC(=O)C=Cc2cccc(O)c2)C3)c1. The van der Waals surface area contributed by atoms with Crippen LogP contribution in [-0.2, 0) is 24.5 Å². The zero-order valence-corrected chi connectivity index (χ0v) is 23.2. The molecule has 40 heavy (non-hydrogen) atoms. The summed E-state index contributed by atoms with van der Waals surface area (Å²) >= 11 is 0. The van der Waals surface area contributed by atoms with Gasteiger partial charge in [0.05, 0.1) is 0 Å². The molecular formula is C32H38N2O6. The number of carbonyl (C=O) groups is 3. The molecule has 0 bridgehead atoms. The van der Waals surface area contributed by atoms with Crippen molar-refractivity contribution in [2.75, 3.05) is 19.6 Å². The predicted octanol–water partition coefficient (Wildman–Crippen LogP) is 4.36. The summed E-state index contributed by atoms with van der Waals surface area (Å²) in [6.07, 6.45) is 8.27. The number of amides is 1. The van der Waals surface area contributed by atoms with Gasteiger partial charge in [-0.15, -0.1) is 0 Å². The number of hydrogen-bond donors (Lipinski definition) is 2. The van der Waals surface area contributed by atoms with Gasteiger partial charge < -0.3 is 19.9 Å². The van der Waals surface area contributed by atoms with Gasteiger partial charge in [0.15, 0.2) is 0 Å². The number of phenols is 1. The van der Waals surface area contributed by atoms with Gasteiger partial charge in [-0.2, -0.15) is 0 Å². The highest BCUT2D eigenvalue weighted by Crippen LogP contribution is 2.54. The maximum absolute atomic E-state index is 13.0. The van der Waals surface area contributed by atoms with Gasteiger partial charge in [0.25, 0.3) is 0 Å². The number of carbonyl (C=O) groups excluding carboxylic acids is 3. The number of nitrogens with zero attached hydrogens (tertiary/aromatic N) is 1. The third kappa shape index (κ3) is 6.22. The maximum Gasteiger partial charge on any atom is 0.308 e. The third-order valence-electron chi connectivity index (χ3n) is 8.54. The minimum absolute atomic E-state index is 0.141. The lowest BCUT2D eigenvalue weighted by molar-refractivity contribution is -0.187. The monoisotopic (exact) mass is 546 g/mol. The Bertz CT molecular complexity index is 1300. The maximum atomic E-state index is 13.0. The Labute approximate surface area is 235 Å². The van der Waals surface area contributed by atoms with Crippen LogP contribution in [0.5, 0.6) is 11.5 Å². The number of piperidine rings is 1. The van der Waals surface area contributed by atoms with Crippen LogP contribution in [0.25, 0.3) is 6.08 Å². The van der Waals surface area contributed by atoms with Gasteiger partial charge in [-0.25, -0.2) is 0 Å². The molecule has 2 saturated carbocycles. The van der Waals surface area contributed by atoms with Crippen LogP contribution in [0.4, 0.5) is 0 Å². The van der Waals surface area contributed by atoms with Crippen molar-refractivity contribution in [2.45, 2.75) is 69.4 Å². The third-order valence-corrected chi connectivity index (χ3v) is 8.54. The van der Waals surface area contributed by atoms with E-state index in [1.54, 1.807) is 30.3 Å². The molecule has 3 fully saturated rings. The smallest absolute Gasteiger partial charge is 0.308 e. The Hall–Kier alpha value is -3.65. The molecule has 2 aromatic carbocycles. The Morgan fingerprint density at radius 1 is 1.05 bits per heavy atom. The molecule has 1 amide bonds. The molecule has 8 nitrogen and oxygen atoms in total. The van der Waals surface area contributed by atoms with Crippen molar-refractivity contribution in [3.05, 3.63) is 65.7 Å². The highest BCUT2D eigenvalue weighted by atomic mass is 16.6. The van der Waals surface area contributed by atoms with E-state index in [9.17, 15) is 19.5 Å². The molecule has 0 aromatic heterocycles. The van der Waals surface area contributed by atoms with E-state index in [0.717, 1.165) is 30.6 Å². The van der Waals surface area contributed by atoms with Crippen LogP contribution < -0.4 is 10.1 Å². The highest BCUT2D eigenvalue weighted by molar-refractivity contribution is 5.92. The van der Waals surface area contributed by atoms with Crippen molar-refractivity contribution in [1.82, 2.24) is 10.2 Å². The second-order valence-corrected chi connectivity index (χ2v) is 11.6. The van der Waals surface area contributed by atoms with Gasteiger partial charge in [0, 0.05) is 44.5 Å². The zero-order chi connectivity index (χ0) is 28.3. The van der Waals surface area contributed by atoms with Gasteiger partial charge >= 0.3 is 11.9 Å². The number of benzene rings is 2. The van der Waals surface area contributed by atoms with Gasteiger partial charge in [-0.3, -0.25) is 19.3 Å². The van der Waals surface area contributed by atoms with Crippen molar-refractivity contribution in [1.29, 1.82) is 0 Å². The Morgan fingerprint density at radius 2 is 1.85 bits per heavy atom. The van der Waals surface area contributed by atoms with Crippen LogP contribution in [0, 0.1) is 5.92 Å².